The molecule has 0 aliphatic heterocycles. The fourth-order valence-electron chi connectivity index (χ4n) is 1.93. The van der Waals surface area contributed by atoms with Crippen molar-refractivity contribution in [1.82, 2.24) is 5.32 Å². The molecule has 1 aliphatic carbocycles. The minimum absolute atomic E-state index is 0.0493. The number of halogens is 3. The highest BCUT2D eigenvalue weighted by Crippen LogP contribution is 2.29. The molecule has 1 aromatic rings. The van der Waals surface area contributed by atoms with Crippen LogP contribution in [0.15, 0.2) is 41.6 Å². The summed E-state index contributed by atoms with van der Waals surface area (Å²) in [5.41, 5.74) is 5.53. The van der Waals surface area contributed by atoms with Gasteiger partial charge >= 0.3 is 0 Å². The van der Waals surface area contributed by atoms with E-state index in [9.17, 15) is 13.6 Å². The molecule has 1 atom stereocenters. The van der Waals surface area contributed by atoms with Crippen LogP contribution in [-0.4, -0.2) is 5.91 Å². The van der Waals surface area contributed by atoms with Crippen LogP contribution in [0.3, 0.4) is 0 Å². The van der Waals surface area contributed by atoms with Crippen molar-refractivity contribution in [3.63, 3.8) is 0 Å². The maximum absolute atomic E-state index is 13.7. The number of benzene rings is 1. The third kappa shape index (κ3) is 2.99. The van der Waals surface area contributed by atoms with Gasteiger partial charge in [-0.3, -0.25) is 4.79 Å². The Hall–Kier alpha value is -1.88. The number of hydrogen-bond acceptors (Lipinski definition) is 2. The van der Waals surface area contributed by atoms with E-state index in [0.717, 1.165) is 0 Å². The first-order valence-electron chi connectivity index (χ1n) is 6.01. The Morgan fingerprint density at radius 3 is 2.80 bits per heavy atom. The molecule has 1 aliphatic rings. The molecule has 0 spiro atoms. The zero-order valence-corrected chi connectivity index (χ0v) is 11.5. The van der Waals surface area contributed by atoms with Gasteiger partial charge in [-0.15, -0.1) is 0 Å². The van der Waals surface area contributed by atoms with Gasteiger partial charge in [-0.1, -0.05) is 18.5 Å². The molecule has 3 N–H and O–H groups in total. The minimum Gasteiger partial charge on any atom is -0.399 e. The van der Waals surface area contributed by atoms with E-state index >= 15 is 0 Å². The van der Waals surface area contributed by atoms with E-state index in [2.05, 4.69) is 5.32 Å². The van der Waals surface area contributed by atoms with E-state index in [-0.39, 0.29) is 22.9 Å². The van der Waals surface area contributed by atoms with Gasteiger partial charge in [-0.25, -0.2) is 8.78 Å². The Morgan fingerprint density at radius 2 is 2.15 bits per heavy atom. The van der Waals surface area contributed by atoms with E-state index < -0.39 is 23.3 Å². The lowest BCUT2D eigenvalue weighted by Gasteiger charge is -2.17. The molecule has 0 saturated carbocycles. The molecule has 106 valence electrons. The Kier molecular flexibility index (Phi) is 4.09. The van der Waals surface area contributed by atoms with Crippen molar-refractivity contribution in [3.05, 3.63) is 52.2 Å². The summed E-state index contributed by atoms with van der Waals surface area (Å²) in [6.45, 7) is 1.69. The first-order chi connectivity index (χ1) is 9.38. The Balaban J connectivity index is 2.26. The lowest BCUT2D eigenvalue weighted by Crippen LogP contribution is -2.26. The summed E-state index contributed by atoms with van der Waals surface area (Å²) in [6.07, 6.45) is 1.31. The van der Waals surface area contributed by atoms with Crippen molar-refractivity contribution < 1.29 is 13.6 Å². The standard InChI is InChI=1S/C14H13ClF2N2O/c1-7-4-11(16)13(12(17)5-7)19-14(20)9-6-8(18)2-3-10(9)15/h2-4,6-7H,5,18H2,1H3,(H,19,20). The average Bonchev–Trinajstić information content (AvgIpc) is 2.36. The number of anilines is 1. The van der Waals surface area contributed by atoms with Crippen molar-refractivity contribution in [2.75, 3.05) is 5.73 Å². The van der Waals surface area contributed by atoms with Crippen LogP contribution in [0.2, 0.25) is 5.02 Å². The molecule has 20 heavy (non-hydrogen) atoms. The highest BCUT2D eigenvalue weighted by molar-refractivity contribution is 6.34. The number of carbonyl (C=O) groups excluding carboxylic acids is 1. The molecule has 1 unspecified atom stereocenters. The van der Waals surface area contributed by atoms with Gasteiger partial charge in [0.25, 0.3) is 5.91 Å². The van der Waals surface area contributed by atoms with E-state index in [1.165, 1.54) is 24.3 Å². The third-order valence-corrected chi connectivity index (χ3v) is 3.25. The first-order valence-corrected chi connectivity index (χ1v) is 6.39. The summed E-state index contributed by atoms with van der Waals surface area (Å²) in [5.74, 6) is -2.42. The second-order valence-electron chi connectivity index (χ2n) is 4.67. The van der Waals surface area contributed by atoms with Crippen LogP contribution >= 0.6 is 11.6 Å². The number of rotatable bonds is 2. The first kappa shape index (κ1) is 14.5. The number of nitrogens with one attached hydrogen (secondary N) is 1. The predicted octanol–water partition coefficient (Wildman–Crippen LogP) is 3.73. The molecule has 1 aromatic carbocycles. The second kappa shape index (κ2) is 5.63. The zero-order chi connectivity index (χ0) is 14.9. The molecule has 3 nitrogen and oxygen atoms in total. The van der Waals surface area contributed by atoms with Gasteiger partial charge in [0.15, 0.2) is 0 Å². The van der Waals surface area contributed by atoms with Gasteiger partial charge in [0.1, 0.15) is 17.4 Å². The highest BCUT2D eigenvalue weighted by atomic mass is 35.5. The van der Waals surface area contributed by atoms with E-state index in [4.69, 9.17) is 17.3 Å². The fourth-order valence-corrected chi connectivity index (χ4v) is 2.14. The normalized spacial score (nSPS) is 18.8. The van der Waals surface area contributed by atoms with Crippen LogP contribution in [0, 0.1) is 5.92 Å². The zero-order valence-electron chi connectivity index (χ0n) is 10.7. The molecule has 2 rings (SSSR count). The number of amides is 1. The summed E-state index contributed by atoms with van der Waals surface area (Å²) in [5, 5.41) is 2.36. The molecule has 0 fully saturated rings. The third-order valence-electron chi connectivity index (χ3n) is 2.92. The summed E-state index contributed by atoms with van der Waals surface area (Å²) >= 11 is 5.87. The van der Waals surface area contributed by atoms with Crippen molar-refractivity contribution in [1.29, 1.82) is 0 Å². The molecule has 0 saturated heterocycles. The maximum atomic E-state index is 13.7. The quantitative estimate of drug-likeness (QED) is 0.818. The van der Waals surface area contributed by atoms with Gasteiger partial charge in [0.05, 0.1) is 10.6 Å². The number of carbonyl (C=O) groups is 1. The van der Waals surface area contributed by atoms with Gasteiger partial charge in [-0.05, 0) is 30.2 Å². The Labute approximate surface area is 120 Å². The molecule has 1 amide bonds. The van der Waals surface area contributed by atoms with Crippen LogP contribution in [-0.2, 0) is 0 Å². The smallest absolute Gasteiger partial charge is 0.257 e. The molecule has 0 aromatic heterocycles. The number of nitrogen functional groups attached to an aromatic ring is 1. The van der Waals surface area contributed by atoms with Gasteiger partial charge in [0, 0.05) is 12.1 Å². The van der Waals surface area contributed by atoms with Gasteiger partial charge in [0.2, 0.25) is 0 Å². The fraction of sp³-hybridized carbons (Fsp3) is 0.214. The molecule has 0 radical (unpaired) electrons. The van der Waals surface area contributed by atoms with Crippen LogP contribution in [0.4, 0.5) is 14.5 Å². The van der Waals surface area contributed by atoms with E-state index in [1.807, 2.05) is 0 Å². The molecule has 6 heteroatoms. The van der Waals surface area contributed by atoms with Crippen LogP contribution in [0.1, 0.15) is 23.7 Å². The largest absolute Gasteiger partial charge is 0.399 e. The Bertz CT molecular complexity index is 626. The van der Waals surface area contributed by atoms with Gasteiger partial charge in [-0.2, -0.15) is 0 Å². The average molecular weight is 299 g/mol. The second-order valence-corrected chi connectivity index (χ2v) is 5.08. The maximum Gasteiger partial charge on any atom is 0.257 e. The van der Waals surface area contributed by atoms with E-state index in [1.54, 1.807) is 6.92 Å². The summed E-state index contributed by atoms with van der Waals surface area (Å²) in [7, 11) is 0. The topological polar surface area (TPSA) is 55.1 Å². The molecule has 0 heterocycles. The van der Waals surface area contributed by atoms with Crippen molar-refractivity contribution in [2.45, 2.75) is 13.3 Å². The number of hydrogen-bond donors (Lipinski definition) is 2. The van der Waals surface area contributed by atoms with Gasteiger partial charge < -0.3 is 11.1 Å². The van der Waals surface area contributed by atoms with Crippen molar-refractivity contribution >= 4 is 23.2 Å². The van der Waals surface area contributed by atoms with Crippen LogP contribution in [0.25, 0.3) is 0 Å². The Morgan fingerprint density at radius 1 is 1.45 bits per heavy atom. The molecular weight excluding hydrogens is 286 g/mol. The lowest BCUT2D eigenvalue weighted by atomic mass is 9.99. The SMILES string of the molecule is CC1C=C(F)C(NC(=O)c2cc(N)ccc2Cl)=C(F)C1. The summed E-state index contributed by atoms with van der Waals surface area (Å²) < 4.78 is 27.4. The monoisotopic (exact) mass is 298 g/mol. The highest BCUT2D eigenvalue weighted by Gasteiger charge is 2.23. The lowest BCUT2D eigenvalue weighted by molar-refractivity contribution is 0.0963. The van der Waals surface area contributed by atoms with Crippen LogP contribution < -0.4 is 11.1 Å². The van der Waals surface area contributed by atoms with Crippen molar-refractivity contribution in [2.24, 2.45) is 5.92 Å². The number of nitrogens with two attached hydrogens (primary N) is 1. The summed E-state index contributed by atoms with van der Waals surface area (Å²) in [4.78, 5) is 12.0. The molecule has 0 bridgehead atoms. The predicted molar refractivity (Wildman–Crippen MR) is 74.4 cm³/mol. The van der Waals surface area contributed by atoms with Crippen molar-refractivity contribution in [3.8, 4) is 0 Å². The molecular formula is C14H13ClF2N2O. The van der Waals surface area contributed by atoms with E-state index in [0.29, 0.717) is 5.69 Å². The summed E-state index contributed by atoms with van der Waals surface area (Å²) in [6, 6.07) is 4.33. The minimum atomic E-state index is -0.783. The van der Waals surface area contributed by atoms with Crippen LogP contribution in [0.5, 0.6) is 0 Å². The number of allylic oxidation sites excluding steroid dienone is 3.